The van der Waals surface area contributed by atoms with Gasteiger partial charge in [0.05, 0.1) is 12.7 Å². The smallest absolute Gasteiger partial charge is 0.278 e. The van der Waals surface area contributed by atoms with Crippen LogP contribution in [0.1, 0.15) is 30.5 Å². The fraction of sp³-hybridized carbons (Fsp3) is 0.273. The lowest BCUT2D eigenvalue weighted by Crippen LogP contribution is -2.38. The van der Waals surface area contributed by atoms with Crippen molar-refractivity contribution in [3.05, 3.63) is 64.9 Å². The molecule has 0 spiro atoms. The van der Waals surface area contributed by atoms with Crippen LogP contribution in [0.15, 0.2) is 48.2 Å². The molecule has 3 rings (SSSR count). The zero-order chi connectivity index (χ0) is 19.7. The second-order valence-corrected chi connectivity index (χ2v) is 6.97. The van der Waals surface area contributed by atoms with Crippen molar-refractivity contribution in [1.29, 1.82) is 0 Å². The molecular formula is C22H24N2O3. The SMILES string of the molecule is COc1ccccc1C1=C(Nc2cc(C)ccc2C)C(=O)N(C(C)C)C1=O. The summed E-state index contributed by atoms with van der Waals surface area (Å²) >= 11 is 0. The number of aryl methyl sites for hydroxylation is 2. The maximum atomic E-state index is 13.1. The first-order chi connectivity index (χ1) is 12.8. The van der Waals surface area contributed by atoms with Gasteiger partial charge in [0.25, 0.3) is 11.8 Å². The highest BCUT2D eigenvalue weighted by molar-refractivity contribution is 6.37. The van der Waals surface area contributed by atoms with E-state index in [1.165, 1.54) is 4.90 Å². The van der Waals surface area contributed by atoms with Gasteiger partial charge in [0.15, 0.2) is 0 Å². The molecule has 0 radical (unpaired) electrons. The predicted octanol–water partition coefficient (Wildman–Crippen LogP) is 3.91. The Balaban J connectivity index is 2.19. The Hall–Kier alpha value is -3.08. The number of amides is 2. The molecule has 2 aromatic rings. The van der Waals surface area contributed by atoms with E-state index >= 15 is 0 Å². The number of imide groups is 1. The number of methoxy groups -OCH3 is 1. The highest BCUT2D eigenvalue weighted by Crippen LogP contribution is 2.36. The molecule has 1 N–H and O–H groups in total. The number of nitrogens with one attached hydrogen (secondary N) is 1. The standard InChI is InChI=1S/C22H24N2O3/c1-13(2)24-21(25)19(16-8-6-7-9-18(16)27-5)20(22(24)26)23-17-12-14(3)10-11-15(17)4/h6-13,23H,1-5H3. The second-order valence-electron chi connectivity index (χ2n) is 6.97. The molecule has 2 aromatic carbocycles. The summed E-state index contributed by atoms with van der Waals surface area (Å²) in [7, 11) is 1.55. The van der Waals surface area contributed by atoms with Crippen LogP contribution < -0.4 is 10.1 Å². The summed E-state index contributed by atoms with van der Waals surface area (Å²) in [5.74, 6) is -0.0800. The maximum Gasteiger partial charge on any atom is 0.278 e. The molecule has 0 aromatic heterocycles. The van der Waals surface area contributed by atoms with Crippen molar-refractivity contribution in [2.45, 2.75) is 33.7 Å². The highest BCUT2D eigenvalue weighted by Gasteiger charge is 2.41. The van der Waals surface area contributed by atoms with Crippen LogP contribution >= 0.6 is 0 Å². The Kier molecular flexibility index (Phi) is 5.04. The molecule has 0 bridgehead atoms. The van der Waals surface area contributed by atoms with E-state index in [2.05, 4.69) is 5.32 Å². The monoisotopic (exact) mass is 364 g/mol. The lowest BCUT2D eigenvalue weighted by atomic mass is 10.0. The van der Waals surface area contributed by atoms with E-state index in [4.69, 9.17) is 4.74 Å². The number of carbonyl (C=O) groups is 2. The Labute approximate surface area is 159 Å². The van der Waals surface area contributed by atoms with Crippen LogP contribution in [0.3, 0.4) is 0 Å². The average Bonchev–Trinajstić information content (AvgIpc) is 2.88. The lowest BCUT2D eigenvalue weighted by Gasteiger charge is -2.19. The van der Waals surface area contributed by atoms with Crippen molar-refractivity contribution in [3.63, 3.8) is 0 Å². The quantitative estimate of drug-likeness (QED) is 0.817. The van der Waals surface area contributed by atoms with Gasteiger partial charge in [-0.1, -0.05) is 30.3 Å². The van der Waals surface area contributed by atoms with Crippen LogP contribution in [0.25, 0.3) is 5.57 Å². The van der Waals surface area contributed by atoms with Crippen LogP contribution in [0, 0.1) is 13.8 Å². The molecule has 1 aliphatic rings. The topological polar surface area (TPSA) is 58.6 Å². The molecule has 0 unspecified atom stereocenters. The number of carbonyl (C=O) groups excluding carboxylic acids is 2. The van der Waals surface area contributed by atoms with Crippen molar-refractivity contribution >= 4 is 23.1 Å². The molecule has 2 amide bonds. The first-order valence-electron chi connectivity index (χ1n) is 8.95. The van der Waals surface area contributed by atoms with Crippen LogP contribution in [-0.2, 0) is 9.59 Å². The minimum atomic E-state index is -0.322. The number of anilines is 1. The summed E-state index contributed by atoms with van der Waals surface area (Å²) in [5.41, 5.74) is 4.10. The van der Waals surface area contributed by atoms with Gasteiger partial charge >= 0.3 is 0 Å². The van der Waals surface area contributed by atoms with Crippen molar-refractivity contribution in [2.75, 3.05) is 12.4 Å². The third-order valence-electron chi connectivity index (χ3n) is 4.66. The fourth-order valence-corrected chi connectivity index (χ4v) is 3.24. The van der Waals surface area contributed by atoms with Crippen LogP contribution in [0.4, 0.5) is 5.69 Å². The molecule has 0 aliphatic carbocycles. The van der Waals surface area contributed by atoms with Crippen molar-refractivity contribution in [2.24, 2.45) is 0 Å². The molecule has 5 nitrogen and oxygen atoms in total. The number of rotatable bonds is 5. The third-order valence-corrected chi connectivity index (χ3v) is 4.66. The number of para-hydroxylation sites is 1. The molecule has 1 aliphatic heterocycles. The summed E-state index contributed by atoms with van der Waals surface area (Å²) in [6.07, 6.45) is 0. The van der Waals surface area contributed by atoms with Gasteiger partial charge in [0.2, 0.25) is 0 Å². The third kappa shape index (κ3) is 3.33. The summed E-state index contributed by atoms with van der Waals surface area (Å²) in [6, 6.07) is 13.0. The van der Waals surface area contributed by atoms with Gasteiger partial charge < -0.3 is 10.1 Å². The van der Waals surface area contributed by atoms with Crippen molar-refractivity contribution < 1.29 is 14.3 Å². The summed E-state index contributed by atoms with van der Waals surface area (Å²) < 4.78 is 5.43. The van der Waals surface area contributed by atoms with Crippen LogP contribution in [-0.4, -0.2) is 29.9 Å². The Morgan fingerprint density at radius 1 is 1.00 bits per heavy atom. The average molecular weight is 364 g/mol. The van der Waals surface area contributed by atoms with Crippen LogP contribution in [0.2, 0.25) is 0 Å². The first-order valence-corrected chi connectivity index (χ1v) is 8.95. The Morgan fingerprint density at radius 3 is 2.37 bits per heavy atom. The van der Waals surface area contributed by atoms with Gasteiger partial charge in [-0.15, -0.1) is 0 Å². The number of hydrogen-bond acceptors (Lipinski definition) is 4. The van der Waals surface area contributed by atoms with E-state index in [-0.39, 0.29) is 23.6 Å². The van der Waals surface area contributed by atoms with Crippen LogP contribution in [0.5, 0.6) is 5.75 Å². The van der Waals surface area contributed by atoms with E-state index in [0.29, 0.717) is 16.9 Å². The largest absolute Gasteiger partial charge is 0.496 e. The molecular weight excluding hydrogens is 340 g/mol. The number of hydrogen-bond donors (Lipinski definition) is 1. The summed E-state index contributed by atoms with van der Waals surface area (Å²) in [4.78, 5) is 27.5. The fourth-order valence-electron chi connectivity index (χ4n) is 3.24. The Morgan fingerprint density at radius 2 is 1.70 bits per heavy atom. The van der Waals surface area contributed by atoms with Gasteiger partial charge in [0, 0.05) is 17.3 Å². The van der Waals surface area contributed by atoms with Crippen molar-refractivity contribution in [1.82, 2.24) is 4.90 Å². The predicted molar refractivity (Wildman–Crippen MR) is 106 cm³/mol. The van der Waals surface area contributed by atoms with E-state index in [1.54, 1.807) is 19.2 Å². The number of nitrogens with zero attached hydrogens (tertiary/aromatic N) is 1. The molecule has 27 heavy (non-hydrogen) atoms. The van der Waals surface area contributed by atoms with Gasteiger partial charge in [-0.3, -0.25) is 14.5 Å². The molecule has 140 valence electrons. The lowest BCUT2D eigenvalue weighted by molar-refractivity contribution is -0.138. The van der Waals surface area contributed by atoms with Crippen molar-refractivity contribution in [3.8, 4) is 5.75 Å². The molecule has 0 saturated carbocycles. The molecule has 0 fully saturated rings. The zero-order valence-electron chi connectivity index (χ0n) is 16.3. The maximum absolute atomic E-state index is 13.1. The molecule has 0 atom stereocenters. The molecule has 0 saturated heterocycles. The normalized spacial score (nSPS) is 14.4. The van der Waals surface area contributed by atoms with Gasteiger partial charge in [-0.25, -0.2) is 0 Å². The minimum Gasteiger partial charge on any atom is -0.496 e. The van der Waals surface area contributed by atoms with Gasteiger partial charge in [0.1, 0.15) is 11.4 Å². The first kappa shape index (κ1) is 18.7. The highest BCUT2D eigenvalue weighted by atomic mass is 16.5. The second kappa shape index (κ2) is 7.27. The zero-order valence-corrected chi connectivity index (χ0v) is 16.3. The van der Waals surface area contributed by atoms with E-state index < -0.39 is 0 Å². The summed E-state index contributed by atoms with van der Waals surface area (Å²) in [5, 5.41) is 3.23. The van der Waals surface area contributed by atoms with Gasteiger partial charge in [-0.05, 0) is 51.0 Å². The van der Waals surface area contributed by atoms with E-state index in [9.17, 15) is 9.59 Å². The van der Waals surface area contributed by atoms with Gasteiger partial charge in [-0.2, -0.15) is 0 Å². The molecule has 1 heterocycles. The minimum absolute atomic E-state index is 0.243. The van der Waals surface area contributed by atoms with E-state index in [1.807, 2.05) is 58.0 Å². The number of ether oxygens (including phenoxy) is 1. The van der Waals surface area contributed by atoms with E-state index in [0.717, 1.165) is 16.8 Å². The molecule has 5 heteroatoms. The Bertz CT molecular complexity index is 944. The summed E-state index contributed by atoms with van der Waals surface area (Å²) in [6.45, 7) is 7.61. The number of benzene rings is 2.